The Kier molecular flexibility index (Phi) is 14.3. The summed E-state index contributed by atoms with van der Waals surface area (Å²) >= 11 is 4.43. The summed E-state index contributed by atoms with van der Waals surface area (Å²) in [6.45, 7) is 9.13. The van der Waals surface area contributed by atoms with Crippen molar-refractivity contribution < 1.29 is 4.89 Å². The summed E-state index contributed by atoms with van der Waals surface area (Å²) in [6.07, 6.45) is 9.36. The van der Waals surface area contributed by atoms with Gasteiger partial charge in [0.15, 0.2) is 0 Å². The fraction of sp³-hybridized carbons (Fsp3) is 1.00. The minimum atomic E-state index is -1.05. The van der Waals surface area contributed by atoms with Crippen LogP contribution in [0.5, 0.6) is 0 Å². The molecule has 0 saturated carbocycles. The van der Waals surface area contributed by atoms with E-state index in [1.54, 1.807) is 0 Å². The number of unbranched alkanes of at least 4 members (excludes halogenated alkanes) is 2. The minimum absolute atomic E-state index is 0.142. The van der Waals surface area contributed by atoms with Crippen LogP contribution >= 0.6 is 18.4 Å². The first-order valence-corrected chi connectivity index (χ1v) is 13.1. The Bertz CT molecular complexity index is 245. The Morgan fingerprint density at radius 3 is 1.55 bits per heavy atom. The molecule has 3 atom stereocenters. The molecule has 0 rings (SSSR count). The first-order chi connectivity index (χ1) is 9.58. The first kappa shape index (κ1) is 21.0. The van der Waals surface area contributed by atoms with E-state index in [4.69, 9.17) is 0 Å². The molecule has 4 heteroatoms. The third-order valence-corrected chi connectivity index (χ3v) is 10.7. The van der Waals surface area contributed by atoms with Crippen LogP contribution in [0.15, 0.2) is 0 Å². The number of rotatable bonds is 12. The summed E-state index contributed by atoms with van der Waals surface area (Å²) in [5.74, 6) is 4.02. The van der Waals surface area contributed by atoms with Crippen LogP contribution in [0.4, 0.5) is 0 Å². The zero-order chi connectivity index (χ0) is 15.4. The molecule has 0 aliphatic carbocycles. The highest BCUT2D eigenvalue weighted by Gasteiger charge is 2.21. The lowest BCUT2D eigenvalue weighted by molar-refractivity contribution is 0.488. The van der Waals surface area contributed by atoms with E-state index in [2.05, 4.69) is 39.9 Å². The Balaban J connectivity index is 4.52. The van der Waals surface area contributed by atoms with E-state index < -0.39 is 6.13 Å². The van der Waals surface area contributed by atoms with E-state index in [0.717, 1.165) is 11.8 Å². The van der Waals surface area contributed by atoms with Crippen molar-refractivity contribution in [2.24, 2.45) is 11.8 Å². The lowest BCUT2D eigenvalue weighted by Crippen LogP contribution is -2.17. The SMILES string of the molecule is CCCCC(CC)CS(CC(CC)CCCC)=[P+](O)S. The van der Waals surface area contributed by atoms with Gasteiger partial charge in [0.1, 0.15) is 12.2 Å². The molecule has 0 aliphatic heterocycles. The van der Waals surface area contributed by atoms with Crippen molar-refractivity contribution in [1.29, 1.82) is 0 Å². The second kappa shape index (κ2) is 13.6. The van der Waals surface area contributed by atoms with Gasteiger partial charge in [0.2, 0.25) is 0 Å². The van der Waals surface area contributed by atoms with E-state index in [-0.39, 0.29) is 10.1 Å². The molecule has 0 saturated heterocycles. The lowest BCUT2D eigenvalue weighted by atomic mass is 10.0. The maximum Gasteiger partial charge on any atom is 0.353 e. The molecule has 0 fully saturated rings. The zero-order valence-corrected chi connectivity index (χ0v) is 16.6. The summed E-state index contributed by atoms with van der Waals surface area (Å²) in [5.41, 5.74) is 0. The van der Waals surface area contributed by atoms with Gasteiger partial charge in [-0.1, -0.05) is 66.2 Å². The summed E-state index contributed by atoms with van der Waals surface area (Å²) in [5, 5.41) is 0. The van der Waals surface area contributed by atoms with E-state index in [1.807, 2.05) is 0 Å². The quantitative estimate of drug-likeness (QED) is 0.321. The van der Waals surface area contributed by atoms with Gasteiger partial charge in [0.05, 0.1) is 0 Å². The van der Waals surface area contributed by atoms with Crippen LogP contribution < -0.4 is 0 Å². The number of hydrogen-bond acceptors (Lipinski definition) is 0. The normalized spacial score (nSPS) is 16.8. The van der Waals surface area contributed by atoms with Crippen molar-refractivity contribution in [3.63, 3.8) is 0 Å². The fourth-order valence-electron chi connectivity index (χ4n) is 2.54. The maximum atomic E-state index is 10.1. The van der Waals surface area contributed by atoms with Gasteiger partial charge < -0.3 is 0 Å². The Morgan fingerprint density at radius 2 is 1.30 bits per heavy atom. The van der Waals surface area contributed by atoms with Crippen molar-refractivity contribution in [3.05, 3.63) is 0 Å². The minimum Gasteiger partial charge on any atom is -0.178 e. The van der Waals surface area contributed by atoms with Crippen molar-refractivity contribution in [1.82, 2.24) is 0 Å². The summed E-state index contributed by atoms with van der Waals surface area (Å²) in [4.78, 5) is 10.1. The van der Waals surface area contributed by atoms with Gasteiger partial charge in [0, 0.05) is 21.6 Å². The van der Waals surface area contributed by atoms with Gasteiger partial charge in [-0.05, 0) is 24.7 Å². The molecule has 0 heterocycles. The molecular formula is C16H36OPS2+. The van der Waals surface area contributed by atoms with Crippen molar-refractivity contribution >= 4 is 28.4 Å². The lowest BCUT2D eigenvalue weighted by Gasteiger charge is -2.18. The molecule has 0 aliphatic rings. The molecule has 0 aromatic rings. The van der Waals surface area contributed by atoms with E-state index in [0.29, 0.717) is 0 Å². The summed E-state index contributed by atoms with van der Waals surface area (Å²) < 4.78 is 0. The molecule has 0 amide bonds. The van der Waals surface area contributed by atoms with Gasteiger partial charge in [-0.2, -0.15) is 4.89 Å². The monoisotopic (exact) mass is 339 g/mol. The first-order valence-electron chi connectivity index (χ1n) is 8.44. The van der Waals surface area contributed by atoms with Crippen molar-refractivity contribution in [3.8, 4) is 0 Å². The third kappa shape index (κ3) is 9.82. The molecule has 1 nitrogen and oxygen atoms in total. The van der Waals surface area contributed by atoms with Gasteiger partial charge >= 0.3 is 6.13 Å². The van der Waals surface area contributed by atoms with E-state index >= 15 is 0 Å². The molecule has 3 unspecified atom stereocenters. The smallest absolute Gasteiger partial charge is 0.178 e. The molecule has 0 spiro atoms. The van der Waals surface area contributed by atoms with Crippen LogP contribution in [-0.2, 0) is 10.1 Å². The molecular weight excluding hydrogens is 303 g/mol. The molecule has 122 valence electrons. The second-order valence-corrected chi connectivity index (χ2v) is 12.5. The standard InChI is InChI=1S/C16H36OPS2/c1-5-9-11-15(7-3)13-20(18(17)19)14-16(8-4)12-10-6-2/h15-17,19H,5-14H2,1-4H3/q+1. The van der Waals surface area contributed by atoms with Crippen LogP contribution in [0.1, 0.15) is 79.1 Å². The molecule has 0 bridgehead atoms. The predicted octanol–water partition coefficient (Wildman–Crippen LogP) is 6.19. The third-order valence-electron chi connectivity index (χ3n) is 4.17. The highest BCUT2D eigenvalue weighted by molar-refractivity contribution is 8.60. The predicted molar refractivity (Wildman–Crippen MR) is 102 cm³/mol. The summed E-state index contributed by atoms with van der Waals surface area (Å²) in [7, 11) is 0.142. The second-order valence-electron chi connectivity index (χ2n) is 5.88. The van der Waals surface area contributed by atoms with Gasteiger partial charge in [-0.25, -0.2) is 0 Å². The van der Waals surface area contributed by atoms with Gasteiger partial charge in [0.25, 0.3) is 0 Å². The molecule has 1 N–H and O–H groups in total. The van der Waals surface area contributed by atoms with Crippen LogP contribution in [0.25, 0.3) is 0 Å². The summed E-state index contributed by atoms with van der Waals surface area (Å²) in [6, 6.07) is 0. The molecule has 0 radical (unpaired) electrons. The molecule has 0 aromatic carbocycles. The van der Waals surface area contributed by atoms with Crippen LogP contribution in [0.2, 0.25) is 0 Å². The molecule has 0 aromatic heterocycles. The van der Waals surface area contributed by atoms with Crippen molar-refractivity contribution in [2.75, 3.05) is 11.5 Å². The fourth-order valence-corrected chi connectivity index (χ4v) is 8.10. The van der Waals surface area contributed by atoms with Crippen LogP contribution in [-0.4, -0.2) is 16.4 Å². The van der Waals surface area contributed by atoms with E-state index in [1.165, 1.54) is 62.9 Å². The van der Waals surface area contributed by atoms with Crippen molar-refractivity contribution in [2.45, 2.75) is 79.1 Å². The van der Waals surface area contributed by atoms with E-state index in [9.17, 15) is 4.89 Å². The van der Waals surface area contributed by atoms with Crippen LogP contribution in [0, 0.1) is 11.8 Å². The largest absolute Gasteiger partial charge is 0.353 e. The highest BCUT2D eigenvalue weighted by atomic mass is 32.9. The van der Waals surface area contributed by atoms with Crippen LogP contribution in [0.3, 0.4) is 0 Å². The zero-order valence-electron chi connectivity index (χ0n) is 14.0. The number of hydrogen-bond donors (Lipinski definition) is 2. The average Bonchev–Trinajstić information content (AvgIpc) is 2.45. The topological polar surface area (TPSA) is 20.2 Å². The van der Waals surface area contributed by atoms with Gasteiger partial charge in [-0.15, -0.1) is 0 Å². The highest BCUT2D eigenvalue weighted by Crippen LogP contribution is 2.32. The Labute approximate surface area is 135 Å². The average molecular weight is 340 g/mol. The molecule has 20 heavy (non-hydrogen) atoms. The number of thiol groups is 1. The van der Waals surface area contributed by atoms with Gasteiger partial charge in [-0.3, -0.25) is 0 Å². The Morgan fingerprint density at radius 1 is 0.900 bits per heavy atom. The maximum absolute atomic E-state index is 10.1. The Hall–Kier alpha value is 0.960.